The van der Waals surface area contributed by atoms with Gasteiger partial charge in [0.15, 0.2) is 0 Å². The molecule has 0 aromatic heterocycles. The maximum absolute atomic E-state index is 12.7. The molecule has 6 nitrogen and oxygen atoms in total. The first-order valence-electron chi connectivity index (χ1n) is 10.6. The van der Waals surface area contributed by atoms with Gasteiger partial charge in [0.2, 0.25) is 0 Å². The van der Waals surface area contributed by atoms with Gasteiger partial charge in [-0.15, -0.1) is 0 Å². The smallest absolute Gasteiger partial charge is 0.256 e. The van der Waals surface area contributed by atoms with Crippen molar-refractivity contribution in [2.75, 3.05) is 51.4 Å². The van der Waals surface area contributed by atoms with Gasteiger partial charge < -0.3 is 19.5 Å². The molecule has 1 aromatic carbocycles. The quantitative estimate of drug-likeness (QED) is 0.550. The highest BCUT2D eigenvalue weighted by atomic mass is 16.5. The number of morpholine rings is 1. The Labute approximate surface area is 169 Å². The summed E-state index contributed by atoms with van der Waals surface area (Å²) in [6.07, 6.45) is 3.70. The summed E-state index contributed by atoms with van der Waals surface area (Å²) in [6, 6.07) is 7.55. The summed E-state index contributed by atoms with van der Waals surface area (Å²) in [5.41, 5.74) is -0.0347. The number of nitrogens with one attached hydrogen (secondary N) is 1. The van der Waals surface area contributed by atoms with Crippen LogP contribution >= 0.6 is 0 Å². The number of hydrogen-bond acceptors (Lipinski definition) is 5. The summed E-state index contributed by atoms with van der Waals surface area (Å²) in [7, 11) is 0. The first-order valence-corrected chi connectivity index (χ1v) is 10.6. The number of rotatable bonds is 12. The molecular formula is C22H36N2O4. The Hall–Kier alpha value is -1.63. The van der Waals surface area contributed by atoms with E-state index in [1.807, 2.05) is 38.1 Å². The van der Waals surface area contributed by atoms with E-state index in [0.29, 0.717) is 19.6 Å². The monoisotopic (exact) mass is 392 g/mol. The molecule has 0 spiro atoms. The molecule has 0 aliphatic carbocycles. The first-order chi connectivity index (χ1) is 13.6. The van der Waals surface area contributed by atoms with Gasteiger partial charge in [0, 0.05) is 31.9 Å². The predicted molar refractivity (Wildman–Crippen MR) is 112 cm³/mol. The highest BCUT2D eigenvalue weighted by Crippen LogP contribution is 2.23. The Balaban J connectivity index is 1.76. The van der Waals surface area contributed by atoms with E-state index < -0.39 is 5.60 Å². The van der Waals surface area contributed by atoms with Crippen LogP contribution in [0.3, 0.4) is 0 Å². The van der Waals surface area contributed by atoms with Crippen molar-refractivity contribution in [2.24, 2.45) is 0 Å². The van der Waals surface area contributed by atoms with E-state index in [1.54, 1.807) is 0 Å². The molecule has 1 heterocycles. The second-order valence-corrected chi connectivity index (χ2v) is 7.40. The fourth-order valence-electron chi connectivity index (χ4n) is 3.28. The van der Waals surface area contributed by atoms with Crippen LogP contribution in [0.2, 0.25) is 0 Å². The van der Waals surface area contributed by atoms with E-state index >= 15 is 0 Å². The Bertz CT molecular complexity index is 572. The van der Waals surface area contributed by atoms with Crippen molar-refractivity contribution in [3.05, 3.63) is 24.3 Å². The molecule has 0 radical (unpaired) electrons. The minimum absolute atomic E-state index is 0.0954. The normalized spacial score (nSPS) is 17.1. The van der Waals surface area contributed by atoms with Crippen LogP contribution in [0.25, 0.3) is 0 Å². The number of benzene rings is 1. The third kappa shape index (κ3) is 7.41. The highest BCUT2D eigenvalue weighted by Gasteiger charge is 2.33. The Morgan fingerprint density at radius 2 is 1.89 bits per heavy atom. The number of carbonyl (C=O) groups is 1. The number of hydrogen-bond donors (Lipinski definition) is 1. The lowest BCUT2D eigenvalue weighted by Gasteiger charge is -2.28. The van der Waals surface area contributed by atoms with Gasteiger partial charge in [0.05, 0.1) is 19.8 Å². The Morgan fingerprint density at radius 1 is 1.18 bits per heavy atom. The van der Waals surface area contributed by atoms with Gasteiger partial charge in [-0.2, -0.15) is 0 Å². The van der Waals surface area contributed by atoms with Crippen LogP contribution in [0, 0.1) is 0 Å². The molecule has 1 aromatic rings. The maximum atomic E-state index is 12.7. The Morgan fingerprint density at radius 3 is 2.54 bits per heavy atom. The first kappa shape index (κ1) is 22.7. The molecule has 6 heteroatoms. The standard InChI is InChI=1S/C22H36N2O4/c1-4-6-12-22(3,28-5-2)21(25)23-19-8-10-20(11-9-19)27-16-7-13-24-14-17-26-18-15-24/h8-11H,4-7,12-18H2,1-3H3,(H,23,25)/t22-/m1/s1. The summed E-state index contributed by atoms with van der Waals surface area (Å²) in [4.78, 5) is 15.1. The minimum atomic E-state index is -0.792. The molecule has 1 amide bonds. The van der Waals surface area contributed by atoms with Crippen LogP contribution in [-0.4, -0.2) is 62.5 Å². The van der Waals surface area contributed by atoms with Gasteiger partial charge in [0.25, 0.3) is 5.91 Å². The number of carbonyl (C=O) groups excluding carboxylic acids is 1. The fourth-order valence-corrected chi connectivity index (χ4v) is 3.28. The van der Waals surface area contributed by atoms with Crippen molar-refractivity contribution in [1.29, 1.82) is 0 Å². The fraction of sp³-hybridized carbons (Fsp3) is 0.682. The third-order valence-electron chi connectivity index (χ3n) is 5.05. The van der Waals surface area contributed by atoms with Gasteiger partial charge in [-0.05, 0) is 51.0 Å². The molecule has 1 N–H and O–H groups in total. The Kier molecular flexibility index (Phi) is 9.75. The van der Waals surface area contributed by atoms with Crippen LogP contribution in [-0.2, 0) is 14.3 Å². The van der Waals surface area contributed by atoms with E-state index in [2.05, 4.69) is 17.1 Å². The average Bonchev–Trinajstić information content (AvgIpc) is 2.72. The van der Waals surface area contributed by atoms with Crippen molar-refractivity contribution in [3.8, 4) is 5.75 Å². The van der Waals surface area contributed by atoms with Crippen molar-refractivity contribution >= 4 is 11.6 Å². The molecular weight excluding hydrogens is 356 g/mol. The predicted octanol–water partition coefficient (Wildman–Crippen LogP) is 3.71. The van der Waals surface area contributed by atoms with Crippen molar-refractivity contribution < 1.29 is 19.0 Å². The number of anilines is 1. The topological polar surface area (TPSA) is 60.0 Å². The number of amides is 1. The van der Waals surface area contributed by atoms with Crippen LogP contribution in [0.15, 0.2) is 24.3 Å². The lowest BCUT2D eigenvalue weighted by molar-refractivity contribution is -0.139. The summed E-state index contributed by atoms with van der Waals surface area (Å²) in [5, 5.41) is 2.98. The molecule has 158 valence electrons. The summed E-state index contributed by atoms with van der Waals surface area (Å²) in [6.45, 7) is 11.8. The third-order valence-corrected chi connectivity index (χ3v) is 5.05. The second kappa shape index (κ2) is 12.0. The zero-order valence-corrected chi connectivity index (χ0v) is 17.7. The van der Waals surface area contributed by atoms with Crippen LogP contribution in [0.4, 0.5) is 5.69 Å². The van der Waals surface area contributed by atoms with Crippen LogP contribution in [0.5, 0.6) is 5.75 Å². The number of ether oxygens (including phenoxy) is 3. The van der Waals surface area contributed by atoms with Crippen molar-refractivity contribution in [3.63, 3.8) is 0 Å². The van der Waals surface area contributed by atoms with E-state index in [-0.39, 0.29) is 5.91 Å². The lowest BCUT2D eigenvalue weighted by atomic mass is 9.97. The van der Waals surface area contributed by atoms with Gasteiger partial charge in [0.1, 0.15) is 11.4 Å². The van der Waals surface area contributed by atoms with Crippen LogP contribution < -0.4 is 10.1 Å². The van der Waals surface area contributed by atoms with Crippen molar-refractivity contribution in [1.82, 2.24) is 4.90 Å². The summed E-state index contributed by atoms with van der Waals surface area (Å²) >= 11 is 0. The zero-order chi connectivity index (χ0) is 20.2. The highest BCUT2D eigenvalue weighted by molar-refractivity contribution is 5.97. The van der Waals surface area contributed by atoms with E-state index in [4.69, 9.17) is 14.2 Å². The van der Waals surface area contributed by atoms with Crippen LogP contribution in [0.1, 0.15) is 46.5 Å². The lowest BCUT2D eigenvalue weighted by Crippen LogP contribution is -2.42. The maximum Gasteiger partial charge on any atom is 0.256 e. The number of unbranched alkanes of at least 4 members (excludes halogenated alkanes) is 1. The molecule has 0 unspecified atom stereocenters. The van der Waals surface area contributed by atoms with E-state index in [0.717, 1.165) is 63.5 Å². The molecule has 0 bridgehead atoms. The number of nitrogens with zero attached hydrogens (tertiary/aromatic N) is 1. The molecule has 1 atom stereocenters. The average molecular weight is 393 g/mol. The minimum Gasteiger partial charge on any atom is -0.494 e. The van der Waals surface area contributed by atoms with Gasteiger partial charge in [-0.3, -0.25) is 9.69 Å². The largest absolute Gasteiger partial charge is 0.494 e. The SMILES string of the molecule is CCCC[C@@](C)(OCC)C(=O)Nc1ccc(OCCCN2CCOCC2)cc1. The van der Waals surface area contributed by atoms with Gasteiger partial charge in [-0.25, -0.2) is 0 Å². The molecule has 1 saturated heterocycles. The van der Waals surface area contributed by atoms with Crippen molar-refractivity contribution in [2.45, 2.75) is 52.1 Å². The van der Waals surface area contributed by atoms with E-state index in [1.165, 1.54) is 0 Å². The molecule has 1 aliphatic rings. The molecule has 2 rings (SSSR count). The molecule has 1 aliphatic heterocycles. The van der Waals surface area contributed by atoms with E-state index in [9.17, 15) is 4.79 Å². The van der Waals surface area contributed by atoms with Gasteiger partial charge >= 0.3 is 0 Å². The summed E-state index contributed by atoms with van der Waals surface area (Å²) in [5.74, 6) is 0.723. The van der Waals surface area contributed by atoms with Gasteiger partial charge in [-0.1, -0.05) is 19.8 Å². The molecule has 0 saturated carbocycles. The zero-order valence-electron chi connectivity index (χ0n) is 17.7. The second-order valence-electron chi connectivity index (χ2n) is 7.40. The molecule has 28 heavy (non-hydrogen) atoms. The summed E-state index contributed by atoms with van der Waals surface area (Å²) < 4.78 is 16.9. The molecule has 1 fully saturated rings.